The molecule has 0 amide bonds. The second-order valence-electron chi connectivity index (χ2n) is 8.99. The van der Waals surface area contributed by atoms with E-state index in [4.69, 9.17) is 0 Å². The summed E-state index contributed by atoms with van der Waals surface area (Å²) in [7, 11) is 0. The lowest BCUT2D eigenvalue weighted by Gasteiger charge is -2.02. The van der Waals surface area contributed by atoms with Crippen LogP contribution in [0.5, 0.6) is 0 Å². The molecular formula is C30H56O2. The minimum Gasteiger partial charge on any atom is -0.303 e. The van der Waals surface area contributed by atoms with Crippen molar-refractivity contribution in [1.29, 1.82) is 0 Å². The first-order chi connectivity index (χ1) is 15.8. The van der Waals surface area contributed by atoms with Crippen LogP contribution in [-0.4, -0.2) is 12.6 Å². The van der Waals surface area contributed by atoms with E-state index >= 15 is 0 Å². The number of carbonyl (C=O) groups excluding carboxylic acids is 2. The van der Waals surface area contributed by atoms with Gasteiger partial charge < -0.3 is 9.59 Å². The molecular weight excluding hydrogens is 392 g/mol. The third-order valence-corrected chi connectivity index (χ3v) is 5.79. The van der Waals surface area contributed by atoms with Gasteiger partial charge in [0, 0.05) is 12.8 Å². The maximum absolute atomic E-state index is 10.1. The van der Waals surface area contributed by atoms with Crippen molar-refractivity contribution in [3.05, 3.63) is 24.3 Å². The zero-order valence-electron chi connectivity index (χ0n) is 21.8. The lowest BCUT2D eigenvalue weighted by molar-refractivity contribution is -0.108. The highest BCUT2D eigenvalue weighted by Crippen LogP contribution is 2.12. The Morgan fingerprint density at radius 1 is 0.438 bits per heavy atom. The van der Waals surface area contributed by atoms with E-state index in [1.807, 2.05) is 6.92 Å². The fourth-order valence-corrected chi connectivity index (χ4v) is 3.69. The molecule has 32 heavy (non-hydrogen) atoms. The smallest absolute Gasteiger partial charge is 0.119 e. The fraction of sp³-hybridized carbons (Fsp3) is 0.800. The topological polar surface area (TPSA) is 34.1 Å². The quantitative estimate of drug-likeness (QED) is 0.0835. The third-order valence-electron chi connectivity index (χ3n) is 5.79. The molecule has 0 bridgehead atoms. The van der Waals surface area contributed by atoms with E-state index in [0.717, 1.165) is 44.7 Å². The number of carbonyl (C=O) groups is 2. The summed E-state index contributed by atoms with van der Waals surface area (Å²) < 4.78 is 0. The van der Waals surface area contributed by atoms with Crippen molar-refractivity contribution in [3.63, 3.8) is 0 Å². The second kappa shape index (κ2) is 34.4. The van der Waals surface area contributed by atoms with Crippen molar-refractivity contribution in [2.75, 3.05) is 0 Å². The van der Waals surface area contributed by atoms with Crippen LogP contribution in [0.3, 0.4) is 0 Å². The van der Waals surface area contributed by atoms with Gasteiger partial charge in [0.05, 0.1) is 0 Å². The molecule has 2 heteroatoms. The first-order valence-corrected chi connectivity index (χ1v) is 14.0. The fourth-order valence-electron chi connectivity index (χ4n) is 3.69. The number of rotatable bonds is 24. The van der Waals surface area contributed by atoms with Crippen LogP contribution < -0.4 is 0 Å². The number of allylic oxidation sites excluding steroid dienone is 4. The first-order valence-electron chi connectivity index (χ1n) is 14.0. The zero-order chi connectivity index (χ0) is 23.8. The predicted molar refractivity (Wildman–Crippen MR) is 143 cm³/mol. The second-order valence-corrected chi connectivity index (χ2v) is 8.99. The first kappa shape index (κ1) is 33.0. The molecule has 0 aliphatic rings. The summed E-state index contributed by atoms with van der Waals surface area (Å²) in [6.45, 7) is 4.32. The van der Waals surface area contributed by atoms with Crippen LogP contribution >= 0.6 is 0 Å². The summed E-state index contributed by atoms with van der Waals surface area (Å²) >= 11 is 0. The average molecular weight is 449 g/mol. The average Bonchev–Trinajstić information content (AvgIpc) is 2.81. The highest BCUT2D eigenvalue weighted by atomic mass is 16.1. The highest BCUT2D eigenvalue weighted by Gasteiger charge is 1.93. The number of hydrogen-bond acceptors (Lipinski definition) is 2. The van der Waals surface area contributed by atoms with Crippen molar-refractivity contribution < 1.29 is 9.59 Å². The summed E-state index contributed by atoms with van der Waals surface area (Å²) in [5.41, 5.74) is 0. The van der Waals surface area contributed by atoms with Gasteiger partial charge in [-0.15, -0.1) is 0 Å². The highest BCUT2D eigenvalue weighted by molar-refractivity contribution is 5.49. The molecule has 0 atom stereocenters. The van der Waals surface area contributed by atoms with E-state index in [0.29, 0.717) is 0 Å². The SMILES string of the molecule is C/C=C\C/C=C/CCCCCCCC=O.CCCCCCCCCCCCCCCC=O. The van der Waals surface area contributed by atoms with Gasteiger partial charge in [-0.05, 0) is 39.0 Å². The predicted octanol–water partition coefficient (Wildman–Crippen LogP) is 10.1. The van der Waals surface area contributed by atoms with Crippen LogP contribution in [0.25, 0.3) is 0 Å². The van der Waals surface area contributed by atoms with Gasteiger partial charge >= 0.3 is 0 Å². The van der Waals surface area contributed by atoms with Crippen LogP contribution in [0, 0.1) is 0 Å². The summed E-state index contributed by atoms with van der Waals surface area (Å²) in [4.78, 5) is 20.2. The summed E-state index contributed by atoms with van der Waals surface area (Å²) in [6.07, 6.45) is 38.5. The van der Waals surface area contributed by atoms with Gasteiger partial charge in [-0.25, -0.2) is 0 Å². The standard InChI is InChI=1S/C16H32O.C14H24O/c1-2-3-4-5-6-7-8-9-10-11-12-13-14-15-16-17;1-2-3-4-5-6-7-8-9-10-11-12-13-14-15/h16H,2-15H2,1H3;2-3,5-6,14H,4,7-13H2,1H3/b;3-2-,6-5+. The number of unbranched alkanes of at least 4 members (excludes halogenated alkanes) is 19. The van der Waals surface area contributed by atoms with Crippen LogP contribution in [0.1, 0.15) is 155 Å². The van der Waals surface area contributed by atoms with E-state index in [1.54, 1.807) is 0 Å². The van der Waals surface area contributed by atoms with Crippen molar-refractivity contribution in [2.45, 2.75) is 155 Å². The minimum absolute atomic E-state index is 0.739. The van der Waals surface area contributed by atoms with Crippen molar-refractivity contribution in [3.8, 4) is 0 Å². The van der Waals surface area contributed by atoms with E-state index in [-0.39, 0.29) is 0 Å². The van der Waals surface area contributed by atoms with Crippen molar-refractivity contribution in [2.24, 2.45) is 0 Å². The Hall–Kier alpha value is -1.18. The zero-order valence-corrected chi connectivity index (χ0v) is 21.8. The normalized spacial score (nSPS) is 11.1. The van der Waals surface area contributed by atoms with Gasteiger partial charge in [0.1, 0.15) is 12.6 Å². The van der Waals surface area contributed by atoms with E-state index in [2.05, 4.69) is 31.2 Å². The molecule has 0 heterocycles. The molecule has 0 spiro atoms. The van der Waals surface area contributed by atoms with Gasteiger partial charge in [0.25, 0.3) is 0 Å². The molecule has 0 unspecified atom stereocenters. The lowest BCUT2D eigenvalue weighted by atomic mass is 10.0. The molecule has 0 rings (SSSR count). The Morgan fingerprint density at radius 2 is 0.812 bits per heavy atom. The van der Waals surface area contributed by atoms with Gasteiger partial charge in [0.15, 0.2) is 0 Å². The maximum atomic E-state index is 10.1. The third kappa shape index (κ3) is 36.2. The van der Waals surface area contributed by atoms with E-state index in [9.17, 15) is 9.59 Å². The molecule has 0 fully saturated rings. The van der Waals surface area contributed by atoms with E-state index in [1.165, 1.54) is 109 Å². The molecule has 0 aliphatic heterocycles. The number of hydrogen-bond donors (Lipinski definition) is 0. The molecule has 0 aliphatic carbocycles. The van der Waals surface area contributed by atoms with Crippen LogP contribution in [0.15, 0.2) is 24.3 Å². The van der Waals surface area contributed by atoms with Crippen LogP contribution in [0.2, 0.25) is 0 Å². The summed E-state index contributed by atoms with van der Waals surface area (Å²) in [5.74, 6) is 0. The molecule has 2 nitrogen and oxygen atoms in total. The monoisotopic (exact) mass is 448 g/mol. The van der Waals surface area contributed by atoms with Crippen molar-refractivity contribution >= 4 is 12.6 Å². The Kier molecular flexibility index (Phi) is 35.5. The summed E-state index contributed by atoms with van der Waals surface area (Å²) in [6, 6.07) is 0. The Balaban J connectivity index is 0. The van der Waals surface area contributed by atoms with E-state index < -0.39 is 0 Å². The molecule has 0 saturated carbocycles. The molecule has 0 aromatic carbocycles. The Morgan fingerprint density at radius 3 is 1.19 bits per heavy atom. The Labute approximate surface area is 201 Å². The molecule has 0 N–H and O–H groups in total. The minimum atomic E-state index is 0.739. The van der Waals surface area contributed by atoms with Crippen LogP contribution in [0.4, 0.5) is 0 Å². The van der Waals surface area contributed by atoms with Gasteiger partial charge in [0.2, 0.25) is 0 Å². The van der Waals surface area contributed by atoms with Gasteiger partial charge in [-0.2, -0.15) is 0 Å². The molecule has 0 saturated heterocycles. The largest absolute Gasteiger partial charge is 0.303 e. The van der Waals surface area contributed by atoms with Gasteiger partial charge in [-0.3, -0.25) is 0 Å². The Bertz CT molecular complexity index is 398. The van der Waals surface area contributed by atoms with Crippen LogP contribution in [-0.2, 0) is 9.59 Å². The summed E-state index contributed by atoms with van der Waals surface area (Å²) in [5, 5.41) is 0. The van der Waals surface area contributed by atoms with Gasteiger partial charge in [-0.1, -0.05) is 128 Å². The number of aldehydes is 2. The molecule has 0 aromatic rings. The lowest BCUT2D eigenvalue weighted by Crippen LogP contribution is -1.83. The van der Waals surface area contributed by atoms with Crippen molar-refractivity contribution in [1.82, 2.24) is 0 Å². The maximum Gasteiger partial charge on any atom is 0.119 e. The molecule has 188 valence electrons. The molecule has 0 radical (unpaired) electrons. The molecule has 0 aromatic heterocycles.